The summed E-state index contributed by atoms with van der Waals surface area (Å²) in [6, 6.07) is 3.36. The first-order valence-electron chi connectivity index (χ1n) is 15.6. The summed E-state index contributed by atoms with van der Waals surface area (Å²) >= 11 is 0. The second kappa shape index (κ2) is 10.5. The van der Waals surface area contributed by atoms with E-state index in [-0.39, 0.29) is 11.5 Å². The fourth-order valence-corrected chi connectivity index (χ4v) is 9.84. The van der Waals surface area contributed by atoms with Crippen LogP contribution < -0.4 is 16.2 Å². The molecule has 1 aromatic rings. The van der Waals surface area contributed by atoms with Crippen molar-refractivity contribution < 1.29 is 9.53 Å². The lowest BCUT2D eigenvalue weighted by Crippen LogP contribution is -2.51. The Labute approximate surface area is 231 Å². The number of carbonyl (C=O) groups is 1. The lowest BCUT2D eigenvalue weighted by Gasteiger charge is -2.58. The fraction of sp³-hybridized carbons (Fsp3) is 0.735. The van der Waals surface area contributed by atoms with Gasteiger partial charge in [0, 0.05) is 12.1 Å². The van der Waals surface area contributed by atoms with Crippen molar-refractivity contribution in [3.8, 4) is 5.75 Å². The number of allylic oxidation sites excluding steroid dienone is 1. The van der Waals surface area contributed by atoms with Crippen LogP contribution in [-0.4, -0.2) is 12.4 Å². The van der Waals surface area contributed by atoms with Crippen LogP contribution in [0.25, 0.3) is 0 Å². The van der Waals surface area contributed by atoms with Crippen molar-refractivity contribution in [3.63, 3.8) is 0 Å². The standard InChI is InChI=1S/C34H52N2O2/c1-21(2)7-6-8-22(3)28-11-12-29-27-10-9-24-18-26(38-32-23(20-37)17-25(35)19-31(32)36)13-15-33(24,4)30(27)14-16-34(28,29)5/h9,17,19-22,26-30H,6-8,10-16,18,35-36H2,1-5H3/t22-,26?,27?,28-,29?,30?,33+,34-/m1/s1. The Morgan fingerprint density at radius 2 is 1.82 bits per heavy atom. The van der Waals surface area contributed by atoms with E-state index < -0.39 is 0 Å². The maximum Gasteiger partial charge on any atom is 0.153 e. The summed E-state index contributed by atoms with van der Waals surface area (Å²) in [5.74, 6) is 5.60. The molecule has 3 fully saturated rings. The van der Waals surface area contributed by atoms with Crippen molar-refractivity contribution in [2.45, 2.75) is 111 Å². The molecule has 210 valence electrons. The summed E-state index contributed by atoms with van der Waals surface area (Å²) in [6.45, 7) is 12.5. The first-order valence-corrected chi connectivity index (χ1v) is 15.6. The summed E-state index contributed by atoms with van der Waals surface area (Å²) in [5.41, 5.74) is 15.9. The van der Waals surface area contributed by atoms with Crippen molar-refractivity contribution >= 4 is 17.7 Å². The normalized spacial score (nSPS) is 37.1. The number of hydrogen-bond donors (Lipinski definition) is 2. The Morgan fingerprint density at radius 1 is 1.03 bits per heavy atom. The molecular formula is C34H52N2O2. The Balaban J connectivity index is 1.29. The number of anilines is 2. The fourth-order valence-electron chi connectivity index (χ4n) is 9.84. The van der Waals surface area contributed by atoms with Gasteiger partial charge in [-0.15, -0.1) is 0 Å². The maximum atomic E-state index is 11.7. The van der Waals surface area contributed by atoms with Crippen LogP contribution >= 0.6 is 0 Å². The zero-order valence-corrected chi connectivity index (χ0v) is 24.6. The molecule has 4 N–H and O–H groups in total. The number of benzene rings is 1. The Hall–Kier alpha value is -1.97. The highest BCUT2D eigenvalue weighted by Crippen LogP contribution is 2.67. The molecule has 0 bridgehead atoms. The molecule has 4 heteroatoms. The molecule has 5 rings (SSSR count). The van der Waals surface area contributed by atoms with Crippen LogP contribution in [0.4, 0.5) is 11.4 Å². The summed E-state index contributed by atoms with van der Waals surface area (Å²) in [6.07, 6.45) is 17.7. The summed E-state index contributed by atoms with van der Waals surface area (Å²) in [5, 5.41) is 0. The molecule has 1 aromatic carbocycles. The number of rotatable bonds is 8. The predicted molar refractivity (Wildman–Crippen MR) is 158 cm³/mol. The van der Waals surface area contributed by atoms with Gasteiger partial charge in [-0.1, -0.05) is 65.5 Å². The molecule has 0 aliphatic heterocycles. The lowest BCUT2D eigenvalue weighted by atomic mass is 9.47. The average Bonchev–Trinajstić information content (AvgIpc) is 3.22. The Kier molecular flexibility index (Phi) is 7.66. The van der Waals surface area contributed by atoms with Crippen molar-refractivity contribution in [1.29, 1.82) is 0 Å². The molecule has 4 aliphatic carbocycles. The van der Waals surface area contributed by atoms with Crippen LogP contribution in [0.15, 0.2) is 23.8 Å². The molecule has 4 unspecified atom stereocenters. The number of aldehydes is 1. The van der Waals surface area contributed by atoms with Crippen molar-refractivity contribution in [2.24, 2.45) is 46.3 Å². The Morgan fingerprint density at radius 3 is 2.55 bits per heavy atom. The van der Waals surface area contributed by atoms with Gasteiger partial charge < -0.3 is 16.2 Å². The summed E-state index contributed by atoms with van der Waals surface area (Å²) in [4.78, 5) is 11.7. The number of fused-ring (bicyclic) bond motifs is 5. The molecule has 38 heavy (non-hydrogen) atoms. The zero-order valence-electron chi connectivity index (χ0n) is 24.6. The zero-order chi connectivity index (χ0) is 27.2. The van der Waals surface area contributed by atoms with Gasteiger partial charge in [0.05, 0.1) is 11.3 Å². The van der Waals surface area contributed by atoms with Crippen LogP contribution in [0.3, 0.4) is 0 Å². The first kappa shape index (κ1) is 27.6. The van der Waals surface area contributed by atoms with Crippen molar-refractivity contribution in [3.05, 3.63) is 29.3 Å². The van der Waals surface area contributed by atoms with E-state index in [2.05, 4.69) is 40.7 Å². The molecule has 0 saturated heterocycles. The van der Waals surface area contributed by atoms with E-state index >= 15 is 0 Å². The van der Waals surface area contributed by atoms with Gasteiger partial charge in [-0.2, -0.15) is 0 Å². The van der Waals surface area contributed by atoms with Crippen LogP contribution in [0.1, 0.15) is 116 Å². The highest BCUT2D eigenvalue weighted by Gasteiger charge is 2.59. The topological polar surface area (TPSA) is 78.3 Å². The van der Waals surface area contributed by atoms with E-state index in [4.69, 9.17) is 16.2 Å². The molecule has 8 atom stereocenters. The van der Waals surface area contributed by atoms with Gasteiger partial charge in [0.1, 0.15) is 6.10 Å². The molecule has 0 aromatic heterocycles. The van der Waals surface area contributed by atoms with Gasteiger partial charge >= 0.3 is 0 Å². The van der Waals surface area contributed by atoms with E-state index in [1.807, 2.05) is 0 Å². The number of nitrogen functional groups attached to an aromatic ring is 2. The molecule has 0 spiro atoms. The van der Waals surface area contributed by atoms with Gasteiger partial charge in [0.25, 0.3) is 0 Å². The van der Waals surface area contributed by atoms with Gasteiger partial charge in [0.2, 0.25) is 0 Å². The number of nitrogens with two attached hydrogens (primary N) is 2. The predicted octanol–water partition coefficient (Wildman–Crippen LogP) is 8.45. The highest BCUT2D eigenvalue weighted by molar-refractivity contribution is 5.85. The van der Waals surface area contributed by atoms with Crippen LogP contribution in [0, 0.1) is 46.3 Å². The molecule has 0 amide bonds. The SMILES string of the molecule is CC(C)CCC[C@@H](C)[C@H]1CCC2C3CC=C4CC(Oc5c(N)cc(N)cc5C=O)CC[C@]4(C)C3CC[C@@]21C. The maximum absolute atomic E-state index is 11.7. The van der Waals surface area contributed by atoms with Gasteiger partial charge in [0.15, 0.2) is 12.0 Å². The number of carbonyl (C=O) groups excluding carboxylic acids is 1. The van der Waals surface area contributed by atoms with Crippen LogP contribution in [0.2, 0.25) is 0 Å². The largest absolute Gasteiger partial charge is 0.487 e. The Bertz CT molecular complexity index is 1060. The molecule has 0 radical (unpaired) electrons. The summed E-state index contributed by atoms with van der Waals surface area (Å²) in [7, 11) is 0. The van der Waals surface area contributed by atoms with Gasteiger partial charge in [-0.25, -0.2) is 0 Å². The van der Waals surface area contributed by atoms with E-state index in [9.17, 15) is 4.79 Å². The third-order valence-electron chi connectivity index (χ3n) is 11.8. The molecular weight excluding hydrogens is 468 g/mol. The third-order valence-corrected chi connectivity index (χ3v) is 11.8. The second-order valence-electron chi connectivity index (χ2n) is 14.4. The smallest absolute Gasteiger partial charge is 0.153 e. The van der Waals surface area contributed by atoms with E-state index in [0.29, 0.717) is 28.1 Å². The van der Waals surface area contributed by atoms with E-state index in [1.165, 1.54) is 51.4 Å². The molecule has 4 nitrogen and oxygen atoms in total. The average molecular weight is 521 g/mol. The highest BCUT2D eigenvalue weighted by atomic mass is 16.5. The number of ether oxygens (including phenoxy) is 1. The molecule has 0 heterocycles. The first-order chi connectivity index (χ1) is 18.1. The lowest BCUT2D eigenvalue weighted by molar-refractivity contribution is -0.0559. The van der Waals surface area contributed by atoms with Crippen LogP contribution in [-0.2, 0) is 0 Å². The van der Waals surface area contributed by atoms with Crippen LogP contribution in [0.5, 0.6) is 5.75 Å². The quantitative estimate of drug-likeness (QED) is 0.205. The molecule has 3 saturated carbocycles. The molecule has 4 aliphatic rings. The third kappa shape index (κ3) is 4.79. The monoisotopic (exact) mass is 520 g/mol. The number of hydrogen-bond acceptors (Lipinski definition) is 4. The second-order valence-corrected chi connectivity index (χ2v) is 14.4. The van der Waals surface area contributed by atoms with Crippen molar-refractivity contribution in [1.82, 2.24) is 0 Å². The minimum Gasteiger partial charge on any atom is -0.487 e. The van der Waals surface area contributed by atoms with Crippen molar-refractivity contribution in [2.75, 3.05) is 11.5 Å². The van der Waals surface area contributed by atoms with E-state index in [1.54, 1.807) is 17.7 Å². The minimum absolute atomic E-state index is 0.0619. The van der Waals surface area contributed by atoms with E-state index in [0.717, 1.165) is 61.1 Å². The minimum atomic E-state index is 0.0619. The van der Waals surface area contributed by atoms with Gasteiger partial charge in [-0.05, 0) is 103 Å². The summed E-state index contributed by atoms with van der Waals surface area (Å²) < 4.78 is 6.41. The van der Waals surface area contributed by atoms with Gasteiger partial charge in [-0.3, -0.25) is 4.79 Å².